The maximum absolute atomic E-state index is 5.05. The van der Waals surface area contributed by atoms with E-state index in [2.05, 4.69) is 115 Å². The Labute approximate surface area is 303 Å². The average Bonchev–Trinajstić information content (AvgIpc) is 3.75. The van der Waals surface area contributed by atoms with Crippen molar-refractivity contribution in [3.05, 3.63) is 166 Å². The molecule has 50 heavy (non-hydrogen) atoms. The molecule has 262 valence electrons. The summed E-state index contributed by atoms with van der Waals surface area (Å²) in [6.45, 7) is 36.4. The molecular formula is C46H58N4. The number of aryl methyl sites for hydroxylation is 3. The largest absolute Gasteiger partial charge is 0.251 e. The maximum atomic E-state index is 5.05. The minimum absolute atomic E-state index is 0.0614. The van der Waals surface area contributed by atoms with Gasteiger partial charge in [0, 0.05) is 11.1 Å². The highest BCUT2D eigenvalue weighted by atomic mass is 15.0. The topological polar surface area (TPSA) is 49.4 Å². The van der Waals surface area contributed by atoms with E-state index in [1.54, 1.807) is 6.08 Å². The number of nitrogens with zero attached hydrogens (tertiary/aromatic N) is 4. The van der Waals surface area contributed by atoms with Gasteiger partial charge in [0.05, 0.1) is 11.4 Å². The standard InChI is InChI=1S/C24H22N2.C18H24N2.2C2H6/c1-16-14-17(2)21(18(3)15-16)24-25-22(19-10-6-4-7-11-19)23(26-24)20-12-8-5-9-13-20;1-9-13(7)16-17(14(8)10-2)20-18(19-16)15(11(3)4)12(5)6;2*1-2/h4-15,22H,1-3H3;9-10,16H,1,3,7H2,2,4-6,8H3;2*1-2H3/b;14-10+;;. The van der Waals surface area contributed by atoms with E-state index in [0.29, 0.717) is 0 Å². The van der Waals surface area contributed by atoms with Crippen molar-refractivity contribution in [3.8, 4) is 0 Å². The molecule has 2 unspecified atom stereocenters. The van der Waals surface area contributed by atoms with Crippen LogP contribution in [-0.4, -0.2) is 29.1 Å². The van der Waals surface area contributed by atoms with Crippen LogP contribution in [0.25, 0.3) is 0 Å². The molecule has 0 radical (unpaired) electrons. The van der Waals surface area contributed by atoms with Gasteiger partial charge in [-0.25, -0.2) is 9.98 Å². The van der Waals surface area contributed by atoms with E-state index in [-0.39, 0.29) is 12.1 Å². The Morgan fingerprint density at radius 3 is 1.76 bits per heavy atom. The van der Waals surface area contributed by atoms with Gasteiger partial charge in [-0.05, 0) is 94.4 Å². The van der Waals surface area contributed by atoms with Gasteiger partial charge >= 0.3 is 0 Å². The Bertz CT molecular complexity index is 1820. The second-order valence-electron chi connectivity index (χ2n) is 12.2. The quantitative estimate of drug-likeness (QED) is 0.215. The van der Waals surface area contributed by atoms with Crippen molar-refractivity contribution in [1.29, 1.82) is 0 Å². The summed E-state index contributed by atoms with van der Waals surface area (Å²) in [5, 5.41) is 0. The lowest BCUT2D eigenvalue weighted by atomic mass is 9.98. The van der Waals surface area contributed by atoms with Crippen molar-refractivity contribution in [2.24, 2.45) is 20.0 Å². The first-order valence-electron chi connectivity index (χ1n) is 17.8. The zero-order chi connectivity index (χ0) is 37.5. The minimum Gasteiger partial charge on any atom is -0.251 e. The molecule has 0 fully saturated rings. The number of allylic oxidation sites excluding steroid dienone is 2. The van der Waals surface area contributed by atoms with Gasteiger partial charge in [0.25, 0.3) is 0 Å². The Balaban J connectivity index is 0.000000326. The highest BCUT2D eigenvalue weighted by molar-refractivity contribution is 6.21. The number of amidine groups is 2. The molecule has 0 bridgehead atoms. The molecule has 2 atom stereocenters. The molecule has 0 amide bonds. The zero-order valence-electron chi connectivity index (χ0n) is 32.6. The fourth-order valence-electron chi connectivity index (χ4n) is 5.91. The first kappa shape index (κ1) is 41.2. The van der Waals surface area contributed by atoms with Crippen LogP contribution in [0.4, 0.5) is 0 Å². The van der Waals surface area contributed by atoms with Gasteiger partial charge in [0.1, 0.15) is 12.1 Å². The third kappa shape index (κ3) is 10.0. The Morgan fingerprint density at radius 1 is 0.740 bits per heavy atom. The molecule has 4 nitrogen and oxygen atoms in total. The van der Waals surface area contributed by atoms with Gasteiger partial charge in [-0.1, -0.05) is 144 Å². The molecule has 0 aromatic heterocycles. The smallest absolute Gasteiger partial charge is 0.156 e. The minimum atomic E-state index is -0.132. The second kappa shape index (κ2) is 19.9. The molecule has 0 spiro atoms. The lowest BCUT2D eigenvalue weighted by molar-refractivity contribution is 0.985. The SMILES string of the molecule is C=CC(=C)C1N=C(C(C(=C)C)=C(C)C)N=C1/C(C)=C/C.CC.CC.Cc1cc(C)c(C2=NC(c3ccccc3)C(c3ccccc3)=N2)c(C)c1. The molecule has 0 aliphatic carbocycles. The van der Waals surface area contributed by atoms with Crippen LogP contribution in [0.1, 0.15) is 102 Å². The molecule has 0 N–H and O–H groups in total. The molecule has 2 aliphatic heterocycles. The van der Waals surface area contributed by atoms with Crippen LogP contribution in [0.5, 0.6) is 0 Å². The monoisotopic (exact) mass is 666 g/mol. The molecule has 0 saturated heterocycles. The van der Waals surface area contributed by atoms with E-state index in [9.17, 15) is 0 Å². The summed E-state index contributed by atoms with van der Waals surface area (Å²) in [6.07, 6.45) is 3.79. The van der Waals surface area contributed by atoms with Gasteiger partial charge < -0.3 is 0 Å². The summed E-state index contributed by atoms with van der Waals surface area (Å²) in [7, 11) is 0. The number of rotatable bonds is 8. The summed E-state index contributed by atoms with van der Waals surface area (Å²) in [4.78, 5) is 19.5. The van der Waals surface area contributed by atoms with E-state index >= 15 is 0 Å². The van der Waals surface area contributed by atoms with E-state index in [4.69, 9.17) is 20.0 Å². The van der Waals surface area contributed by atoms with E-state index in [1.165, 1.54) is 27.8 Å². The molecule has 4 heteroatoms. The van der Waals surface area contributed by atoms with Crippen LogP contribution in [-0.2, 0) is 0 Å². The highest BCUT2D eigenvalue weighted by Gasteiger charge is 2.28. The third-order valence-electron chi connectivity index (χ3n) is 8.16. The fraction of sp³-hybridized carbons (Fsp3) is 0.304. The molecule has 3 aromatic carbocycles. The first-order chi connectivity index (χ1) is 24.0. The molecule has 3 aromatic rings. The Kier molecular flexibility index (Phi) is 16.4. The van der Waals surface area contributed by atoms with Crippen molar-refractivity contribution < 1.29 is 0 Å². The fourth-order valence-corrected chi connectivity index (χ4v) is 5.91. The maximum Gasteiger partial charge on any atom is 0.156 e. The van der Waals surface area contributed by atoms with Gasteiger partial charge in [-0.15, -0.1) is 0 Å². The molecule has 2 aliphatic rings. The van der Waals surface area contributed by atoms with Crippen LogP contribution in [0.3, 0.4) is 0 Å². The average molecular weight is 667 g/mol. The molecule has 0 saturated carbocycles. The van der Waals surface area contributed by atoms with Crippen molar-refractivity contribution >= 4 is 23.1 Å². The zero-order valence-corrected chi connectivity index (χ0v) is 32.6. The van der Waals surface area contributed by atoms with Crippen LogP contribution >= 0.6 is 0 Å². The second-order valence-corrected chi connectivity index (χ2v) is 12.2. The van der Waals surface area contributed by atoms with E-state index < -0.39 is 0 Å². The summed E-state index contributed by atoms with van der Waals surface area (Å²) in [5.41, 5.74) is 14.3. The van der Waals surface area contributed by atoms with Crippen molar-refractivity contribution in [2.45, 2.75) is 95.2 Å². The summed E-state index contributed by atoms with van der Waals surface area (Å²) < 4.78 is 0. The molecular weight excluding hydrogens is 609 g/mol. The Morgan fingerprint density at radius 2 is 1.28 bits per heavy atom. The van der Waals surface area contributed by atoms with Gasteiger partial charge in [-0.2, -0.15) is 0 Å². The number of hydrogen-bond acceptors (Lipinski definition) is 4. The normalized spacial score (nSPS) is 16.0. The lowest BCUT2D eigenvalue weighted by Crippen LogP contribution is -2.17. The first-order valence-corrected chi connectivity index (χ1v) is 17.8. The van der Waals surface area contributed by atoms with Gasteiger partial charge in [0.2, 0.25) is 0 Å². The van der Waals surface area contributed by atoms with Gasteiger partial charge in [-0.3, -0.25) is 9.98 Å². The Hall–Kier alpha value is -4.96. The van der Waals surface area contributed by atoms with Crippen molar-refractivity contribution in [2.75, 3.05) is 0 Å². The van der Waals surface area contributed by atoms with Crippen molar-refractivity contribution in [3.63, 3.8) is 0 Å². The lowest BCUT2D eigenvalue weighted by Gasteiger charge is -2.11. The molecule has 5 rings (SSSR count). The predicted molar refractivity (Wildman–Crippen MR) is 223 cm³/mol. The van der Waals surface area contributed by atoms with Crippen LogP contribution in [0, 0.1) is 20.8 Å². The van der Waals surface area contributed by atoms with E-state index in [1.807, 2.05) is 66.7 Å². The summed E-state index contributed by atoms with van der Waals surface area (Å²) in [6, 6.07) is 25.0. The molecule has 2 heterocycles. The van der Waals surface area contributed by atoms with Gasteiger partial charge in [0.15, 0.2) is 11.7 Å². The predicted octanol–water partition coefficient (Wildman–Crippen LogP) is 12.5. The summed E-state index contributed by atoms with van der Waals surface area (Å²) in [5.74, 6) is 1.59. The van der Waals surface area contributed by atoms with Crippen LogP contribution in [0.15, 0.2) is 153 Å². The van der Waals surface area contributed by atoms with Crippen molar-refractivity contribution in [1.82, 2.24) is 0 Å². The number of benzene rings is 3. The van der Waals surface area contributed by atoms with E-state index in [0.717, 1.165) is 56.5 Å². The number of aliphatic imine (C=N–C) groups is 4. The highest BCUT2D eigenvalue weighted by Crippen LogP contribution is 2.31. The third-order valence-corrected chi connectivity index (χ3v) is 8.16. The number of hydrogen-bond donors (Lipinski definition) is 0. The summed E-state index contributed by atoms with van der Waals surface area (Å²) >= 11 is 0. The van der Waals surface area contributed by atoms with Crippen LogP contribution < -0.4 is 0 Å². The van der Waals surface area contributed by atoms with Crippen LogP contribution in [0.2, 0.25) is 0 Å².